The van der Waals surface area contributed by atoms with E-state index in [1.807, 2.05) is 30.3 Å². The summed E-state index contributed by atoms with van der Waals surface area (Å²) in [7, 11) is -3.38. The molecule has 0 saturated carbocycles. The first kappa shape index (κ1) is 26.1. The second kappa shape index (κ2) is 11.1. The third-order valence-corrected chi connectivity index (χ3v) is 5.56. The minimum Gasteiger partial charge on any atom is -0.459 e. The van der Waals surface area contributed by atoms with E-state index >= 15 is 0 Å². The molecule has 0 unspecified atom stereocenters. The van der Waals surface area contributed by atoms with Crippen molar-refractivity contribution in [3.8, 4) is 0 Å². The van der Waals surface area contributed by atoms with Crippen molar-refractivity contribution >= 4 is 33.0 Å². The summed E-state index contributed by atoms with van der Waals surface area (Å²) in [5.41, 5.74) is 1.64. The van der Waals surface area contributed by atoms with Crippen molar-refractivity contribution in [2.24, 2.45) is 0 Å². The molecule has 178 valence electrons. The van der Waals surface area contributed by atoms with Crippen LogP contribution >= 0.6 is 0 Å². The number of carbonyl (C=O) groups is 2. The quantitative estimate of drug-likeness (QED) is 0.445. The topological polar surface area (TPSA) is 119 Å². The minimum atomic E-state index is -3.38. The molecule has 2 rings (SSSR count). The number of amides is 1. The van der Waals surface area contributed by atoms with Crippen LogP contribution in [0.15, 0.2) is 59.5 Å². The molecule has 33 heavy (non-hydrogen) atoms. The van der Waals surface area contributed by atoms with Crippen LogP contribution in [0.3, 0.4) is 0 Å². The van der Waals surface area contributed by atoms with Gasteiger partial charge in [0.1, 0.15) is 18.8 Å². The lowest BCUT2D eigenvalue weighted by atomic mass is 9.95. The fraction of sp³-hybridized carbons (Fsp3) is 0.333. The highest BCUT2D eigenvalue weighted by atomic mass is 32.2. The van der Waals surface area contributed by atoms with E-state index < -0.39 is 34.0 Å². The lowest BCUT2D eigenvalue weighted by molar-refractivity contribution is -0.141. The summed E-state index contributed by atoms with van der Waals surface area (Å²) in [6.45, 7) is 4.19. The summed E-state index contributed by atoms with van der Waals surface area (Å²) in [5.74, 6) is -0.698. The Morgan fingerprint density at radius 1 is 0.939 bits per heavy atom. The van der Waals surface area contributed by atoms with E-state index in [-0.39, 0.29) is 18.1 Å². The number of sulfone groups is 1. The van der Waals surface area contributed by atoms with E-state index in [1.165, 1.54) is 12.1 Å². The van der Waals surface area contributed by atoms with E-state index in [1.54, 1.807) is 32.9 Å². The van der Waals surface area contributed by atoms with Gasteiger partial charge >= 0.3 is 12.1 Å². The number of nitrogens with one attached hydrogen (secondary N) is 1. The predicted octanol–water partition coefficient (Wildman–Crippen LogP) is 3.06. The van der Waals surface area contributed by atoms with Gasteiger partial charge in [0.25, 0.3) is 0 Å². The average Bonchev–Trinajstić information content (AvgIpc) is 2.74. The number of aliphatic hydroxyl groups is 1. The zero-order valence-electron chi connectivity index (χ0n) is 19.1. The van der Waals surface area contributed by atoms with Gasteiger partial charge in [-0.25, -0.2) is 13.2 Å². The Bertz CT molecular complexity index is 1100. The molecule has 9 heteroatoms. The summed E-state index contributed by atoms with van der Waals surface area (Å²) in [5, 5.41) is 12.4. The summed E-state index contributed by atoms with van der Waals surface area (Å²) in [4.78, 5) is 24.1. The van der Waals surface area contributed by atoms with Crippen molar-refractivity contribution in [1.29, 1.82) is 0 Å². The Morgan fingerprint density at radius 2 is 1.52 bits per heavy atom. The first-order chi connectivity index (χ1) is 15.4. The molecule has 0 aliphatic heterocycles. The van der Waals surface area contributed by atoms with Crippen molar-refractivity contribution in [3.63, 3.8) is 0 Å². The van der Waals surface area contributed by atoms with Gasteiger partial charge in [-0.05, 0) is 49.6 Å². The number of hydrogen-bond acceptors (Lipinski definition) is 7. The zero-order chi connectivity index (χ0) is 24.6. The number of esters is 1. The van der Waals surface area contributed by atoms with Gasteiger partial charge in [-0.3, -0.25) is 4.79 Å². The summed E-state index contributed by atoms with van der Waals surface area (Å²) >= 11 is 0. The zero-order valence-corrected chi connectivity index (χ0v) is 19.9. The third-order valence-electron chi connectivity index (χ3n) is 4.43. The van der Waals surface area contributed by atoms with Gasteiger partial charge in [0.05, 0.1) is 11.5 Å². The highest BCUT2D eigenvalue weighted by Crippen LogP contribution is 2.27. The maximum absolute atomic E-state index is 12.2. The molecule has 0 bridgehead atoms. The van der Waals surface area contributed by atoms with Gasteiger partial charge in [-0.2, -0.15) is 0 Å². The van der Waals surface area contributed by atoms with Gasteiger partial charge in [-0.15, -0.1) is 0 Å². The molecular weight excluding hydrogens is 446 g/mol. The van der Waals surface area contributed by atoms with Crippen LogP contribution in [0.1, 0.15) is 31.9 Å². The van der Waals surface area contributed by atoms with Crippen LogP contribution in [0.2, 0.25) is 0 Å². The number of alkyl carbamates (subject to hydrolysis) is 1. The number of aliphatic hydroxyl groups excluding tert-OH is 1. The molecule has 0 aromatic heterocycles. The summed E-state index contributed by atoms with van der Waals surface area (Å²) in [6.07, 6.45) is 0.369. The number of ether oxygens (including phenoxy) is 2. The van der Waals surface area contributed by atoms with Crippen LogP contribution in [-0.4, -0.2) is 57.2 Å². The number of hydrogen-bond donors (Lipinski definition) is 2. The maximum Gasteiger partial charge on any atom is 0.408 e. The molecule has 1 amide bonds. The SMILES string of the molecule is CC(C)(C)OC(=O)NCC(=O)OCC(=C(CO)c1ccccc1)c1ccc(S(C)(=O)=O)cc1. The Morgan fingerprint density at radius 3 is 2.03 bits per heavy atom. The van der Waals surface area contributed by atoms with Crippen LogP contribution in [0.25, 0.3) is 11.1 Å². The van der Waals surface area contributed by atoms with E-state index in [2.05, 4.69) is 5.32 Å². The average molecular weight is 476 g/mol. The van der Waals surface area contributed by atoms with Crippen molar-refractivity contribution in [2.45, 2.75) is 31.3 Å². The summed E-state index contributed by atoms with van der Waals surface area (Å²) < 4.78 is 34.0. The molecule has 0 fully saturated rings. The molecule has 0 heterocycles. The van der Waals surface area contributed by atoms with E-state index in [0.717, 1.165) is 11.8 Å². The fourth-order valence-electron chi connectivity index (χ4n) is 2.91. The van der Waals surface area contributed by atoms with E-state index in [4.69, 9.17) is 9.47 Å². The van der Waals surface area contributed by atoms with Crippen molar-refractivity contribution in [3.05, 3.63) is 65.7 Å². The lowest BCUT2D eigenvalue weighted by Gasteiger charge is -2.19. The number of benzene rings is 2. The van der Waals surface area contributed by atoms with Crippen molar-refractivity contribution in [2.75, 3.05) is 26.0 Å². The van der Waals surface area contributed by atoms with Gasteiger partial charge in [0.2, 0.25) is 0 Å². The van der Waals surface area contributed by atoms with Crippen LogP contribution in [0, 0.1) is 0 Å². The van der Waals surface area contributed by atoms with E-state index in [9.17, 15) is 23.1 Å². The molecule has 0 atom stereocenters. The molecular formula is C24H29NO7S. The Kier molecular flexibility index (Phi) is 8.78. The van der Waals surface area contributed by atoms with Crippen LogP contribution < -0.4 is 5.32 Å². The standard InChI is InChI=1S/C24H29NO7S/c1-24(2,3)32-23(28)25-14-22(27)31-16-21(20(15-26)17-8-6-5-7-9-17)18-10-12-19(13-11-18)33(4,29)30/h5-13,26H,14-16H2,1-4H3,(H,25,28). The molecule has 0 spiro atoms. The molecule has 0 aliphatic carbocycles. The van der Waals surface area contributed by atoms with Crippen molar-refractivity contribution in [1.82, 2.24) is 5.32 Å². The maximum atomic E-state index is 12.2. The highest BCUT2D eigenvalue weighted by molar-refractivity contribution is 7.90. The lowest BCUT2D eigenvalue weighted by Crippen LogP contribution is -2.36. The Balaban J connectivity index is 2.26. The Labute approximate surface area is 194 Å². The third kappa shape index (κ3) is 8.36. The molecule has 2 N–H and O–H groups in total. The second-order valence-electron chi connectivity index (χ2n) is 8.29. The largest absolute Gasteiger partial charge is 0.459 e. The molecule has 2 aromatic rings. The molecule has 0 aliphatic rings. The first-order valence-electron chi connectivity index (χ1n) is 10.2. The Hall–Kier alpha value is -3.17. The molecule has 8 nitrogen and oxygen atoms in total. The first-order valence-corrected chi connectivity index (χ1v) is 12.1. The van der Waals surface area contributed by atoms with Crippen LogP contribution in [0.4, 0.5) is 4.79 Å². The normalized spacial score (nSPS) is 12.5. The number of carbonyl (C=O) groups excluding carboxylic acids is 2. The summed E-state index contributed by atoms with van der Waals surface area (Å²) in [6, 6.07) is 15.2. The van der Waals surface area contributed by atoms with Gasteiger partial charge in [0.15, 0.2) is 9.84 Å². The monoisotopic (exact) mass is 475 g/mol. The van der Waals surface area contributed by atoms with E-state index in [0.29, 0.717) is 16.7 Å². The van der Waals surface area contributed by atoms with Gasteiger partial charge in [0, 0.05) is 11.8 Å². The smallest absolute Gasteiger partial charge is 0.408 e. The van der Waals surface area contributed by atoms with Crippen LogP contribution in [0.5, 0.6) is 0 Å². The second-order valence-corrected chi connectivity index (χ2v) is 10.3. The number of rotatable bonds is 8. The van der Waals surface area contributed by atoms with Gasteiger partial charge < -0.3 is 19.9 Å². The predicted molar refractivity (Wildman–Crippen MR) is 125 cm³/mol. The molecule has 0 saturated heterocycles. The molecule has 0 radical (unpaired) electrons. The fourth-order valence-corrected chi connectivity index (χ4v) is 3.54. The van der Waals surface area contributed by atoms with Crippen molar-refractivity contribution < 1.29 is 32.6 Å². The van der Waals surface area contributed by atoms with Crippen LogP contribution in [-0.2, 0) is 24.1 Å². The highest BCUT2D eigenvalue weighted by Gasteiger charge is 2.18. The minimum absolute atomic E-state index is 0.148. The molecule has 2 aromatic carbocycles. The van der Waals surface area contributed by atoms with Gasteiger partial charge in [-0.1, -0.05) is 42.5 Å².